The highest BCUT2D eigenvalue weighted by molar-refractivity contribution is 5.75. The van der Waals surface area contributed by atoms with Gasteiger partial charge in [0, 0.05) is 11.8 Å². The lowest BCUT2D eigenvalue weighted by Gasteiger charge is -2.27. The predicted octanol–water partition coefficient (Wildman–Crippen LogP) is 1.26. The summed E-state index contributed by atoms with van der Waals surface area (Å²) in [5.74, 6) is 0.257. The van der Waals surface area contributed by atoms with Crippen LogP contribution >= 0.6 is 0 Å². The molecule has 2 aliphatic carbocycles. The number of rotatable bonds is 1. The van der Waals surface area contributed by atoms with Crippen LogP contribution in [0.25, 0.3) is 0 Å². The van der Waals surface area contributed by atoms with Crippen molar-refractivity contribution in [2.75, 3.05) is 6.61 Å². The maximum absolute atomic E-state index is 11.8. The molecule has 2 fully saturated rings. The summed E-state index contributed by atoms with van der Waals surface area (Å²) in [7, 11) is 0. The fraction of sp³-hybridized carbons (Fsp3) is 0.800. The average molecular weight is 266 g/mol. The zero-order valence-electron chi connectivity index (χ0n) is 11.5. The largest absolute Gasteiger partial charge is 0.461 e. The number of aliphatic hydroxyl groups is 2. The molecule has 106 valence electrons. The summed E-state index contributed by atoms with van der Waals surface area (Å²) >= 11 is 0. The Morgan fingerprint density at radius 3 is 2.79 bits per heavy atom. The van der Waals surface area contributed by atoms with Crippen molar-refractivity contribution in [2.24, 2.45) is 23.7 Å². The van der Waals surface area contributed by atoms with Gasteiger partial charge >= 0.3 is 5.97 Å². The van der Waals surface area contributed by atoms with E-state index in [1.54, 1.807) is 0 Å². The van der Waals surface area contributed by atoms with E-state index in [9.17, 15) is 15.0 Å². The first-order chi connectivity index (χ1) is 9.04. The van der Waals surface area contributed by atoms with Crippen LogP contribution in [0.4, 0.5) is 0 Å². The highest BCUT2D eigenvalue weighted by Gasteiger charge is 2.52. The van der Waals surface area contributed by atoms with Gasteiger partial charge in [0.15, 0.2) is 0 Å². The number of hydrogen-bond acceptors (Lipinski definition) is 4. The maximum atomic E-state index is 11.8. The van der Waals surface area contributed by atoms with E-state index in [0.29, 0.717) is 6.42 Å². The Bertz CT molecular complexity index is 428. The van der Waals surface area contributed by atoms with Gasteiger partial charge in [-0.15, -0.1) is 0 Å². The smallest absolute Gasteiger partial charge is 0.309 e. The molecule has 1 saturated carbocycles. The molecule has 4 heteroatoms. The Hall–Kier alpha value is -0.870. The van der Waals surface area contributed by atoms with Crippen molar-refractivity contribution in [1.82, 2.24) is 0 Å². The lowest BCUT2D eigenvalue weighted by atomic mass is 9.79. The molecule has 0 aromatic carbocycles. The second-order valence-electron chi connectivity index (χ2n) is 6.34. The van der Waals surface area contributed by atoms with Crippen molar-refractivity contribution in [3.63, 3.8) is 0 Å². The maximum Gasteiger partial charge on any atom is 0.309 e. The number of esters is 1. The Balaban J connectivity index is 2.01. The van der Waals surface area contributed by atoms with Crippen LogP contribution < -0.4 is 0 Å². The topological polar surface area (TPSA) is 66.8 Å². The number of ether oxygens (including phenoxy) is 1. The van der Waals surface area contributed by atoms with Crippen LogP contribution in [-0.2, 0) is 9.53 Å². The van der Waals surface area contributed by atoms with E-state index < -0.39 is 0 Å². The molecule has 0 radical (unpaired) electrons. The number of aliphatic hydroxyl groups excluding tert-OH is 2. The summed E-state index contributed by atoms with van der Waals surface area (Å²) in [6.45, 7) is 4.02. The third-order valence-corrected chi connectivity index (χ3v) is 5.47. The number of fused-ring (bicyclic) bond motifs is 3. The summed E-state index contributed by atoms with van der Waals surface area (Å²) < 4.78 is 5.62. The molecular weight excluding hydrogens is 244 g/mol. The minimum Gasteiger partial charge on any atom is -0.461 e. The third kappa shape index (κ3) is 1.84. The molecule has 4 nitrogen and oxygen atoms in total. The quantitative estimate of drug-likeness (QED) is 0.554. The van der Waals surface area contributed by atoms with Crippen molar-refractivity contribution in [1.29, 1.82) is 0 Å². The van der Waals surface area contributed by atoms with Gasteiger partial charge in [0.1, 0.15) is 6.10 Å². The minimum absolute atomic E-state index is 0.0609. The SMILES string of the molecule is C[C@@H]1[C@@H]2C(=C(CO)CC[C@H]3[C@H]2OC(=O)[C@H]3C)C[C@@H]1O. The molecule has 0 bridgehead atoms. The van der Waals surface area contributed by atoms with Crippen LogP contribution in [0.15, 0.2) is 11.1 Å². The van der Waals surface area contributed by atoms with Crippen LogP contribution in [0.1, 0.15) is 33.1 Å². The fourth-order valence-electron chi connectivity index (χ4n) is 4.21. The second-order valence-corrected chi connectivity index (χ2v) is 6.34. The van der Waals surface area contributed by atoms with E-state index in [0.717, 1.165) is 24.0 Å². The van der Waals surface area contributed by atoms with Crippen LogP contribution in [0.3, 0.4) is 0 Å². The van der Waals surface area contributed by atoms with Crippen molar-refractivity contribution in [3.8, 4) is 0 Å². The molecular formula is C15H22O4. The molecule has 0 amide bonds. The first-order valence-corrected chi connectivity index (χ1v) is 7.24. The summed E-state index contributed by atoms with van der Waals surface area (Å²) in [5, 5.41) is 19.7. The highest BCUT2D eigenvalue weighted by Crippen LogP contribution is 2.50. The molecule has 1 heterocycles. The van der Waals surface area contributed by atoms with E-state index >= 15 is 0 Å². The molecule has 2 N–H and O–H groups in total. The van der Waals surface area contributed by atoms with E-state index in [4.69, 9.17) is 4.74 Å². The molecule has 19 heavy (non-hydrogen) atoms. The van der Waals surface area contributed by atoms with Gasteiger partial charge in [-0.05, 0) is 30.8 Å². The molecule has 0 unspecified atom stereocenters. The molecule has 0 aromatic heterocycles. The Kier molecular flexibility index (Phi) is 3.18. The lowest BCUT2D eigenvalue weighted by molar-refractivity contribution is -0.145. The number of carbonyl (C=O) groups is 1. The van der Waals surface area contributed by atoms with Crippen LogP contribution in [0.2, 0.25) is 0 Å². The summed E-state index contributed by atoms with van der Waals surface area (Å²) in [6.07, 6.45) is 1.86. The lowest BCUT2D eigenvalue weighted by Crippen LogP contribution is -2.31. The zero-order valence-corrected chi connectivity index (χ0v) is 11.5. The third-order valence-electron chi connectivity index (χ3n) is 5.47. The molecule has 1 saturated heterocycles. The number of carbonyl (C=O) groups excluding carboxylic acids is 1. The van der Waals surface area contributed by atoms with Gasteiger partial charge in [0.2, 0.25) is 0 Å². The molecule has 3 rings (SSSR count). The van der Waals surface area contributed by atoms with Crippen molar-refractivity contribution >= 4 is 5.97 Å². The first-order valence-electron chi connectivity index (χ1n) is 7.24. The molecule has 1 aliphatic heterocycles. The van der Waals surface area contributed by atoms with Gasteiger partial charge in [-0.1, -0.05) is 19.4 Å². The van der Waals surface area contributed by atoms with Gasteiger partial charge in [-0.25, -0.2) is 0 Å². The van der Waals surface area contributed by atoms with E-state index in [1.165, 1.54) is 0 Å². The van der Waals surface area contributed by atoms with Crippen LogP contribution in [-0.4, -0.2) is 35.0 Å². The van der Waals surface area contributed by atoms with E-state index in [2.05, 4.69) is 0 Å². The van der Waals surface area contributed by atoms with Gasteiger partial charge in [-0.2, -0.15) is 0 Å². The molecule has 3 aliphatic rings. The van der Waals surface area contributed by atoms with E-state index in [-0.39, 0.29) is 48.5 Å². The van der Waals surface area contributed by atoms with Crippen LogP contribution in [0, 0.1) is 23.7 Å². The minimum atomic E-state index is -0.380. The molecule has 6 atom stereocenters. The number of hydrogen-bond donors (Lipinski definition) is 2. The van der Waals surface area contributed by atoms with Gasteiger partial charge in [0.25, 0.3) is 0 Å². The van der Waals surface area contributed by atoms with E-state index in [1.807, 2.05) is 13.8 Å². The van der Waals surface area contributed by atoms with Crippen molar-refractivity contribution < 1.29 is 19.7 Å². The predicted molar refractivity (Wildman–Crippen MR) is 69.2 cm³/mol. The second kappa shape index (κ2) is 4.60. The monoisotopic (exact) mass is 266 g/mol. The average Bonchev–Trinajstić information content (AvgIpc) is 2.76. The van der Waals surface area contributed by atoms with Gasteiger partial charge < -0.3 is 14.9 Å². The first kappa shape index (κ1) is 13.1. The normalized spacial score (nSPS) is 45.8. The Morgan fingerprint density at radius 1 is 1.37 bits per heavy atom. The summed E-state index contributed by atoms with van der Waals surface area (Å²) in [4.78, 5) is 11.8. The Labute approximate surface area is 113 Å². The molecule has 0 aromatic rings. The highest BCUT2D eigenvalue weighted by atomic mass is 16.6. The van der Waals surface area contributed by atoms with Crippen LogP contribution in [0.5, 0.6) is 0 Å². The van der Waals surface area contributed by atoms with Crippen molar-refractivity contribution in [2.45, 2.75) is 45.3 Å². The fourth-order valence-corrected chi connectivity index (χ4v) is 4.21. The Morgan fingerprint density at radius 2 is 2.11 bits per heavy atom. The van der Waals surface area contributed by atoms with Gasteiger partial charge in [-0.3, -0.25) is 4.79 Å². The zero-order chi connectivity index (χ0) is 13.7. The molecule has 0 spiro atoms. The standard InChI is InChI=1S/C15H22O4/c1-7-10-4-3-9(6-16)11-5-12(17)8(2)13(11)14(10)19-15(7)18/h7-8,10,12-14,16-17H,3-6H2,1-2H3/t7-,8-,10+,12-,13+,14+/m0/s1. The van der Waals surface area contributed by atoms with Gasteiger partial charge in [0.05, 0.1) is 18.6 Å². The summed E-state index contributed by atoms with van der Waals surface area (Å²) in [6, 6.07) is 0. The summed E-state index contributed by atoms with van der Waals surface area (Å²) in [5.41, 5.74) is 2.21. The van der Waals surface area contributed by atoms with Crippen molar-refractivity contribution in [3.05, 3.63) is 11.1 Å².